The van der Waals surface area contributed by atoms with Crippen LogP contribution in [0, 0.1) is 10.1 Å². The summed E-state index contributed by atoms with van der Waals surface area (Å²) in [4.78, 5) is 28.8. The second-order valence-electron chi connectivity index (χ2n) is 6.24. The van der Waals surface area contributed by atoms with Gasteiger partial charge in [-0.2, -0.15) is 4.31 Å². The zero-order chi connectivity index (χ0) is 20.6. The Morgan fingerprint density at radius 1 is 1.00 bits per heavy atom. The fourth-order valence-electron chi connectivity index (χ4n) is 3.09. The summed E-state index contributed by atoms with van der Waals surface area (Å²) in [7, 11) is -4.12. The van der Waals surface area contributed by atoms with Gasteiger partial charge in [0.2, 0.25) is 0 Å². The van der Waals surface area contributed by atoms with Gasteiger partial charge >= 0.3 is 6.03 Å². The summed E-state index contributed by atoms with van der Waals surface area (Å²) in [5, 5.41) is 10.9. The zero-order valence-corrected chi connectivity index (χ0v) is 15.7. The van der Waals surface area contributed by atoms with Crippen LogP contribution in [0.15, 0.2) is 78.0 Å². The third-order valence-electron chi connectivity index (χ3n) is 4.45. The largest absolute Gasteiger partial charge is 0.343 e. The van der Waals surface area contributed by atoms with Gasteiger partial charge in [0.15, 0.2) is 0 Å². The van der Waals surface area contributed by atoms with Crippen LogP contribution >= 0.6 is 0 Å². The number of hydrogen-bond acceptors (Lipinski definition) is 6. The molecule has 2 amide bonds. The van der Waals surface area contributed by atoms with E-state index in [1.807, 2.05) is 0 Å². The molecule has 0 radical (unpaired) electrons. The average Bonchev–Trinajstić information content (AvgIpc) is 2.72. The lowest BCUT2D eigenvalue weighted by molar-refractivity contribution is -0.384. The predicted octanol–water partition coefficient (Wildman–Crippen LogP) is 3.33. The SMILES string of the molecule is O=C1N(Cc2ccc([N+](=O)[O-])cc2)c2ccccc2S(=O)(=O)N1c1cccnc1. The molecule has 0 atom stereocenters. The molecular formula is C19H14N4O5S. The molecule has 0 saturated heterocycles. The Morgan fingerprint density at radius 2 is 1.72 bits per heavy atom. The maximum Gasteiger partial charge on any atom is 0.343 e. The Hall–Kier alpha value is -3.79. The van der Waals surface area contributed by atoms with E-state index in [0.717, 1.165) is 0 Å². The van der Waals surface area contributed by atoms with Crippen molar-refractivity contribution in [3.63, 3.8) is 0 Å². The molecule has 0 unspecified atom stereocenters. The predicted molar refractivity (Wildman–Crippen MR) is 105 cm³/mol. The number of carbonyl (C=O) groups excluding carboxylic acids is 1. The fourth-order valence-corrected chi connectivity index (χ4v) is 4.67. The van der Waals surface area contributed by atoms with E-state index in [2.05, 4.69) is 4.98 Å². The summed E-state index contributed by atoms with van der Waals surface area (Å²) in [5.74, 6) is 0. The minimum Gasteiger partial charge on any atom is -0.287 e. The maximum absolute atomic E-state index is 13.2. The fraction of sp³-hybridized carbons (Fsp3) is 0.0526. The molecule has 0 fully saturated rings. The van der Waals surface area contributed by atoms with Gasteiger partial charge in [-0.05, 0) is 29.8 Å². The highest BCUT2D eigenvalue weighted by molar-refractivity contribution is 7.94. The summed E-state index contributed by atoms with van der Waals surface area (Å²) >= 11 is 0. The highest BCUT2D eigenvalue weighted by Gasteiger charge is 2.42. The normalized spacial score (nSPS) is 15.1. The number of rotatable bonds is 4. The number of nitro benzene ring substituents is 1. The lowest BCUT2D eigenvalue weighted by Gasteiger charge is -2.36. The first kappa shape index (κ1) is 18.6. The molecule has 2 heterocycles. The van der Waals surface area contributed by atoms with Crippen molar-refractivity contribution < 1.29 is 18.1 Å². The third kappa shape index (κ3) is 3.19. The Labute approximate surface area is 166 Å². The number of amides is 2. The van der Waals surface area contributed by atoms with Gasteiger partial charge in [0.05, 0.1) is 29.0 Å². The van der Waals surface area contributed by atoms with E-state index >= 15 is 0 Å². The number of hydrogen-bond donors (Lipinski definition) is 0. The van der Waals surface area contributed by atoms with Crippen LogP contribution in [-0.2, 0) is 16.6 Å². The van der Waals surface area contributed by atoms with E-state index in [-0.39, 0.29) is 28.5 Å². The van der Waals surface area contributed by atoms with Crippen molar-refractivity contribution >= 4 is 33.1 Å². The highest BCUT2D eigenvalue weighted by Crippen LogP contribution is 2.37. The Kier molecular flexibility index (Phi) is 4.47. The number of non-ortho nitro benzene ring substituents is 1. The van der Waals surface area contributed by atoms with Gasteiger partial charge in [-0.25, -0.2) is 13.2 Å². The van der Waals surface area contributed by atoms with Crippen LogP contribution in [0.3, 0.4) is 0 Å². The Morgan fingerprint density at radius 3 is 2.38 bits per heavy atom. The number of fused-ring (bicyclic) bond motifs is 1. The average molecular weight is 410 g/mol. The van der Waals surface area contributed by atoms with E-state index in [1.165, 1.54) is 53.7 Å². The van der Waals surface area contributed by atoms with Gasteiger partial charge in [-0.3, -0.25) is 20.0 Å². The van der Waals surface area contributed by atoms with Gasteiger partial charge in [-0.15, -0.1) is 0 Å². The number of sulfonamides is 1. The van der Waals surface area contributed by atoms with Crippen LogP contribution in [0.4, 0.5) is 21.9 Å². The molecule has 0 bridgehead atoms. The molecule has 0 spiro atoms. The molecule has 146 valence electrons. The topological polar surface area (TPSA) is 114 Å². The van der Waals surface area contributed by atoms with Crippen molar-refractivity contribution in [3.8, 4) is 0 Å². The van der Waals surface area contributed by atoms with Gasteiger partial charge in [0.25, 0.3) is 15.7 Å². The summed E-state index contributed by atoms with van der Waals surface area (Å²) in [6, 6.07) is 14.2. The number of aromatic nitrogens is 1. The standard InChI is InChI=1S/C19H14N4O5S/c24-19-21(13-14-7-9-15(10-8-14)23(25)26)17-5-1-2-6-18(17)29(27,28)22(19)16-4-3-11-20-12-16/h1-12H,13H2. The van der Waals surface area contributed by atoms with Crippen LogP contribution in [0.2, 0.25) is 0 Å². The molecule has 1 aromatic heterocycles. The molecular weight excluding hydrogens is 396 g/mol. The molecule has 9 nitrogen and oxygen atoms in total. The van der Waals surface area contributed by atoms with Crippen molar-refractivity contribution in [2.45, 2.75) is 11.4 Å². The van der Waals surface area contributed by atoms with Crippen LogP contribution in [0.1, 0.15) is 5.56 Å². The minimum atomic E-state index is -4.12. The number of anilines is 2. The van der Waals surface area contributed by atoms with E-state index in [1.54, 1.807) is 24.3 Å². The number of nitrogens with zero attached hydrogens (tertiary/aromatic N) is 4. The van der Waals surface area contributed by atoms with Crippen molar-refractivity contribution in [1.29, 1.82) is 0 Å². The molecule has 10 heteroatoms. The molecule has 0 N–H and O–H groups in total. The Bertz CT molecular complexity index is 1200. The monoisotopic (exact) mass is 410 g/mol. The summed E-state index contributed by atoms with van der Waals surface area (Å²) in [5.41, 5.74) is 0.916. The van der Waals surface area contributed by atoms with E-state index in [4.69, 9.17) is 0 Å². The van der Waals surface area contributed by atoms with Crippen molar-refractivity contribution in [3.05, 3.63) is 88.7 Å². The molecule has 1 aliphatic heterocycles. The summed E-state index contributed by atoms with van der Waals surface area (Å²) in [6.45, 7) is 0.0418. The van der Waals surface area contributed by atoms with E-state index in [0.29, 0.717) is 9.87 Å². The molecule has 29 heavy (non-hydrogen) atoms. The summed E-state index contributed by atoms with van der Waals surface area (Å²) < 4.78 is 26.9. The van der Waals surface area contributed by atoms with Crippen molar-refractivity contribution in [2.24, 2.45) is 0 Å². The molecule has 1 aliphatic rings. The van der Waals surface area contributed by atoms with Gasteiger partial charge in [0.1, 0.15) is 4.90 Å². The Balaban J connectivity index is 1.80. The number of pyridine rings is 1. The van der Waals surface area contributed by atoms with E-state index < -0.39 is 21.0 Å². The zero-order valence-electron chi connectivity index (χ0n) is 14.9. The lowest BCUT2D eigenvalue weighted by Crippen LogP contribution is -2.50. The quantitative estimate of drug-likeness (QED) is 0.481. The second-order valence-corrected chi connectivity index (χ2v) is 8.00. The highest BCUT2D eigenvalue weighted by atomic mass is 32.2. The van der Waals surface area contributed by atoms with Gasteiger partial charge < -0.3 is 0 Å². The van der Waals surface area contributed by atoms with Crippen LogP contribution in [0.25, 0.3) is 0 Å². The van der Waals surface area contributed by atoms with Gasteiger partial charge in [0, 0.05) is 18.3 Å². The molecule has 0 saturated carbocycles. The third-order valence-corrected chi connectivity index (χ3v) is 6.20. The van der Waals surface area contributed by atoms with Crippen LogP contribution < -0.4 is 9.21 Å². The number of benzene rings is 2. The molecule has 0 aliphatic carbocycles. The summed E-state index contributed by atoms with van der Waals surface area (Å²) in [6.07, 6.45) is 2.78. The first-order chi connectivity index (χ1) is 13.9. The minimum absolute atomic E-state index is 0.00892. The smallest absolute Gasteiger partial charge is 0.287 e. The van der Waals surface area contributed by atoms with Crippen molar-refractivity contribution in [2.75, 3.05) is 9.21 Å². The number of urea groups is 1. The first-order valence-electron chi connectivity index (χ1n) is 8.49. The molecule has 4 rings (SSSR count). The van der Waals surface area contributed by atoms with E-state index in [9.17, 15) is 23.3 Å². The van der Waals surface area contributed by atoms with Crippen molar-refractivity contribution in [1.82, 2.24) is 4.98 Å². The van der Waals surface area contributed by atoms with Crippen LogP contribution in [-0.4, -0.2) is 24.4 Å². The number of carbonyl (C=O) groups is 1. The second kappa shape index (κ2) is 6.99. The molecule has 3 aromatic rings. The van der Waals surface area contributed by atoms with Crippen LogP contribution in [0.5, 0.6) is 0 Å². The number of nitro groups is 1. The molecule has 2 aromatic carbocycles. The number of para-hydroxylation sites is 1. The lowest BCUT2D eigenvalue weighted by atomic mass is 10.2. The first-order valence-corrected chi connectivity index (χ1v) is 9.93. The maximum atomic E-state index is 13.2. The van der Waals surface area contributed by atoms with Gasteiger partial charge in [-0.1, -0.05) is 24.3 Å².